The number of nitrogens with zero attached hydrogens (tertiary/aromatic N) is 1. The lowest BCUT2D eigenvalue weighted by Gasteiger charge is -2.20. The summed E-state index contributed by atoms with van der Waals surface area (Å²) < 4.78 is 0. The third kappa shape index (κ3) is 2.86. The van der Waals surface area contributed by atoms with Crippen LogP contribution in [0.25, 0.3) is 0 Å². The third-order valence-corrected chi connectivity index (χ3v) is 4.33. The quantitative estimate of drug-likeness (QED) is 0.798. The summed E-state index contributed by atoms with van der Waals surface area (Å²) in [7, 11) is 0. The molecule has 2 amide bonds. The van der Waals surface area contributed by atoms with E-state index in [1.54, 1.807) is 0 Å². The number of carbonyl (C=O) groups excluding carboxylic acids is 1. The van der Waals surface area contributed by atoms with E-state index < -0.39 is 12.0 Å². The van der Waals surface area contributed by atoms with Crippen LogP contribution < -0.4 is 5.32 Å². The van der Waals surface area contributed by atoms with Gasteiger partial charge >= 0.3 is 12.0 Å². The van der Waals surface area contributed by atoms with Crippen molar-refractivity contribution in [2.24, 2.45) is 5.92 Å². The lowest BCUT2D eigenvalue weighted by atomic mass is 10.2. The summed E-state index contributed by atoms with van der Waals surface area (Å²) in [6.07, 6.45) is 3.31. The molecule has 2 aliphatic rings. The molecule has 1 aliphatic heterocycles. The van der Waals surface area contributed by atoms with Crippen molar-refractivity contribution < 1.29 is 14.7 Å². The molecule has 1 saturated carbocycles. The highest BCUT2D eigenvalue weighted by Crippen LogP contribution is 2.35. The van der Waals surface area contributed by atoms with E-state index in [0.717, 1.165) is 19.3 Å². The van der Waals surface area contributed by atoms with Crippen LogP contribution in [0, 0.1) is 5.92 Å². The highest BCUT2D eigenvalue weighted by atomic mass is 32.2. The summed E-state index contributed by atoms with van der Waals surface area (Å²) in [5, 5.41) is 11.9. The first kappa shape index (κ1) is 12.5. The zero-order valence-corrected chi connectivity index (χ0v) is 10.7. The van der Waals surface area contributed by atoms with Crippen LogP contribution in [0.15, 0.2) is 0 Å². The summed E-state index contributed by atoms with van der Waals surface area (Å²) in [4.78, 5) is 24.3. The molecule has 0 bridgehead atoms. The zero-order valence-electron chi connectivity index (χ0n) is 9.89. The molecular formula is C11H18N2O3S. The molecule has 1 heterocycles. The van der Waals surface area contributed by atoms with Crippen LogP contribution in [-0.4, -0.2) is 45.7 Å². The van der Waals surface area contributed by atoms with Crippen LogP contribution in [0.1, 0.15) is 26.2 Å². The Balaban J connectivity index is 1.82. The molecule has 2 rings (SSSR count). The van der Waals surface area contributed by atoms with E-state index in [1.807, 2.05) is 0 Å². The lowest BCUT2D eigenvalue weighted by Crippen LogP contribution is -2.47. The second-order valence-electron chi connectivity index (χ2n) is 4.66. The van der Waals surface area contributed by atoms with Crippen molar-refractivity contribution in [1.82, 2.24) is 10.2 Å². The Bertz CT molecular complexity index is 324. The number of carboxylic acid groups (broad SMARTS) is 1. The summed E-state index contributed by atoms with van der Waals surface area (Å²) in [5.41, 5.74) is 0. The fourth-order valence-corrected chi connectivity index (χ4v) is 3.35. The van der Waals surface area contributed by atoms with Crippen LogP contribution in [0.3, 0.4) is 0 Å². The first-order valence-corrected chi connectivity index (χ1v) is 7.16. The van der Waals surface area contributed by atoms with Crippen molar-refractivity contribution in [2.75, 3.05) is 11.6 Å². The van der Waals surface area contributed by atoms with E-state index in [1.165, 1.54) is 16.7 Å². The number of carbonyl (C=O) groups is 2. The summed E-state index contributed by atoms with van der Waals surface area (Å²) in [5.74, 6) is 0.660. The molecule has 0 radical (unpaired) electrons. The van der Waals surface area contributed by atoms with E-state index in [9.17, 15) is 9.59 Å². The highest BCUT2D eigenvalue weighted by molar-refractivity contribution is 7.99. The Morgan fingerprint density at radius 1 is 1.53 bits per heavy atom. The SMILES string of the molecule is CCCC1CC1NC(=O)N1CSC[C@H]1C(=O)O. The number of aliphatic carboxylic acids is 1. The number of thioether (sulfide) groups is 1. The third-order valence-electron chi connectivity index (χ3n) is 3.32. The molecule has 2 N–H and O–H groups in total. The molecule has 0 aromatic rings. The maximum atomic E-state index is 11.9. The number of rotatable bonds is 4. The number of nitrogens with one attached hydrogen (secondary N) is 1. The molecule has 17 heavy (non-hydrogen) atoms. The van der Waals surface area contributed by atoms with Crippen molar-refractivity contribution in [3.05, 3.63) is 0 Å². The van der Waals surface area contributed by atoms with Crippen LogP contribution in [0.5, 0.6) is 0 Å². The molecule has 0 aromatic carbocycles. The van der Waals surface area contributed by atoms with Gasteiger partial charge in [0.2, 0.25) is 0 Å². The fraction of sp³-hybridized carbons (Fsp3) is 0.818. The first-order chi connectivity index (χ1) is 8.13. The average Bonchev–Trinajstić information content (AvgIpc) is 2.83. The molecule has 6 heteroatoms. The maximum absolute atomic E-state index is 11.9. The minimum atomic E-state index is -0.911. The first-order valence-electron chi connectivity index (χ1n) is 6.01. The van der Waals surface area contributed by atoms with Gasteiger partial charge in [-0.3, -0.25) is 0 Å². The molecule has 2 fully saturated rings. The second kappa shape index (κ2) is 5.16. The topological polar surface area (TPSA) is 69.6 Å². The van der Waals surface area contributed by atoms with Crippen molar-refractivity contribution in [3.8, 4) is 0 Å². The predicted octanol–water partition coefficient (Wildman–Crippen LogP) is 1.34. The minimum absolute atomic E-state index is 0.217. The summed E-state index contributed by atoms with van der Waals surface area (Å²) >= 11 is 1.49. The molecule has 1 saturated heterocycles. The monoisotopic (exact) mass is 258 g/mol. The van der Waals surface area contributed by atoms with Crippen molar-refractivity contribution in [2.45, 2.75) is 38.3 Å². The van der Waals surface area contributed by atoms with Gasteiger partial charge in [0.15, 0.2) is 0 Å². The smallest absolute Gasteiger partial charge is 0.327 e. The van der Waals surface area contributed by atoms with Gasteiger partial charge in [-0.25, -0.2) is 9.59 Å². The number of amides is 2. The number of hydrogen-bond acceptors (Lipinski definition) is 3. The van der Waals surface area contributed by atoms with Crippen LogP contribution in [0.4, 0.5) is 4.79 Å². The van der Waals surface area contributed by atoms with Crippen molar-refractivity contribution in [1.29, 1.82) is 0 Å². The van der Waals surface area contributed by atoms with Crippen LogP contribution in [-0.2, 0) is 4.79 Å². The fourth-order valence-electron chi connectivity index (χ4n) is 2.20. The van der Waals surface area contributed by atoms with Gasteiger partial charge in [0, 0.05) is 11.8 Å². The van der Waals surface area contributed by atoms with E-state index in [4.69, 9.17) is 5.11 Å². The maximum Gasteiger partial charge on any atom is 0.327 e. The molecule has 96 valence electrons. The number of carboxylic acids is 1. The van der Waals surface area contributed by atoms with E-state index in [-0.39, 0.29) is 12.1 Å². The van der Waals surface area contributed by atoms with Gasteiger partial charge in [0.05, 0.1) is 5.88 Å². The van der Waals surface area contributed by atoms with Gasteiger partial charge in [0.1, 0.15) is 6.04 Å². The Labute approximate surface area is 105 Å². The zero-order chi connectivity index (χ0) is 12.4. The Morgan fingerprint density at radius 2 is 2.29 bits per heavy atom. The lowest BCUT2D eigenvalue weighted by molar-refractivity contribution is -0.140. The summed E-state index contributed by atoms with van der Waals surface area (Å²) in [6, 6.07) is -0.614. The predicted molar refractivity (Wildman–Crippen MR) is 65.9 cm³/mol. The number of hydrogen-bond donors (Lipinski definition) is 2. The summed E-state index contributed by atoms with van der Waals surface area (Å²) in [6.45, 7) is 2.13. The molecule has 2 unspecified atom stereocenters. The van der Waals surface area contributed by atoms with Gasteiger partial charge in [-0.15, -0.1) is 11.8 Å². The van der Waals surface area contributed by atoms with Gasteiger partial charge < -0.3 is 15.3 Å². The molecule has 1 aliphatic carbocycles. The Hall–Kier alpha value is -0.910. The van der Waals surface area contributed by atoms with Gasteiger partial charge in [-0.1, -0.05) is 13.3 Å². The Kier molecular flexibility index (Phi) is 3.81. The molecule has 5 nitrogen and oxygen atoms in total. The largest absolute Gasteiger partial charge is 0.480 e. The van der Waals surface area contributed by atoms with E-state index in [2.05, 4.69) is 12.2 Å². The van der Waals surface area contributed by atoms with Crippen molar-refractivity contribution in [3.63, 3.8) is 0 Å². The van der Waals surface area contributed by atoms with Gasteiger partial charge in [0.25, 0.3) is 0 Å². The Morgan fingerprint density at radius 3 is 2.94 bits per heavy atom. The highest BCUT2D eigenvalue weighted by Gasteiger charge is 2.41. The average molecular weight is 258 g/mol. The van der Waals surface area contributed by atoms with Crippen LogP contribution in [0.2, 0.25) is 0 Å². The molecular weight excluding hydrogens is 240 g/mol. The van der Waals surface area contributed by atoms with Crippen LogP contribution >= 0.6 is 11.8 Å². The standard InChI is InChI=1S/C11H18N2O3S/c1-2-3-7-4-8(7)12-11(16)13-6-17-5-9(13)10(14)15/h7-9H,2-6H2,1H3,(H,12,16)(H,14,15)/t7?,8?,9-/m0/s1. The van der Waals surface area contributed by atoms with Gasteiger partial charge in [-0.2, -0.15) is 0 Å². The molecule has 3 atom stereocenters. The second-order valence-corrected chi connectivity index (χ2v) is 5.66. The van der Waals surface area contributed by atoms with Gasteiger partial charge in [-0.05, 0) is 18.8 Å². The minimum Gasteiger partial charge on any atom is -0.480 e. The van der Waals surface area contributed by atoms with Crippen molar-refractivity contribution >= 4 is 23.8 Å². The number of urea groups is 1. The molecule has 0 spiro atoms. The van der Waals surface area contributed by atoms with E-state index in [0.29, 0.717) is 17.5 Å². The normalized spacial score (nSPS) is 31.4. The van der Waals surface area contributed by atoms with E-state index >= 15 is 0 Å². The molecule has 0 aromatic heterocycles.